The summed E-state index contributed by atoms with van der Waals surface area (Å²) in [6.07, 6.45) is -3.72. The standard InChI is InChI=1S/C12H19F3N2O2.ClH/c13-12(14,15)9-2-1-4-17(8-9)11(18)6-10-7-16-3-5-19-10;/h9-10,16H,1-8H2;1H. The highest BCUT2D eigenvalue weighted by Crippen LogP contribution is 2.33. The average molecular weight is 317 g/mol. The molecule has 2 aliphatic rings. The van der Waals surface area contributed by atoms with Crippen LogP contribution in [0.25, 0.3) is 0 Å². The number of likely N-dealkylation sites (tertiary alicyclic amines) is 1. The predicted octanol–water partition coefficient (Wildman–Crippen LogP) is 1.59. The molecule has 2 saturated heterocycles. The largest absolute Gasteiger partial charge is 0.393 e. The number of amides is 1. The normalized spacial score (nSPS) is 27.9. The second-order valence-corrected chi connectivity index (χ2v) is 5.12. The van der Waals surface area contributed by atoms with Crippen LogP contribution >= 0.6 is 12.4 Å². The van der Waals surface area contributed by atoms with E-state index in [2.05, 4.69) is 5.32 Å². The zero-order valence-electron chi connectivity index (χ0n) is 11.1. The third-order valence-electron chi connectivity index (χ3n) is 3.64. The summed E-state index contributed by atoms with van der Waals surface area (Å²) in [5, 5.41) is 3.10. The lowest BCUT2D eigenvalue weighted by atomic mass is 9.97. The van der Waals surface area contributed by atoms with E-state index >= 15 is 0 Å². The number of hydrogen-bond acceptors (Lipinski definition) is 3. The summed E-state index contributed by atoms with van der Waals surface area (Å²) in [5.41, 5.74) is 0. The Hall–Kier alpha value is -0.530. The molecule has 0 spiro atoms. The molecule has 0 radical (unpaired) electrons. The molecule has 2 fully saturated rings. The van der Waals surface area contributed by atoms with Crippen LogP contribution in [0.1, 0.15) is 19.3 Å². The first-order valence-electron chi connectivity index (χ1n) is 6.63. The molecule has 1 amide bonds. The number of nitrogens with one attached hydrogen (secondary N) is 1. The van der Waals surface area contributed by atoms with Gasteiger partial charge in [-0.3, -0.25) is 4.79 Å². The molecule has 2 unspecified atom stereocenters. The van der Waals surface area contributed by atoms with Crippen molar-refractivity contribution in [1.82, 2.24) is 10.2 Å². The second kappa shape index (κ2) is 7.47. The first kappa shape index (κ1) is 17.5. The Bertz CT molecular complexity index is 322. The molecule has 2 atom stereocenters. The van der Waals surface area contributed by atoms with Gasteiger partial charge in [-0.25, -0.2) is 0 Å². The molecule has 2 aliphatic heterocycles. The van der Waals surface area contributed by atoms with E-state index in [4.69, 9.17) is 4.74 Å². The highest BCUT2D eigenvalue weighted by atomic mass is 35.5. The van der Waals surface area contributed by atoms with Gasteiger partial charge in [0.05, 0.1) is 25.0 Å². The summed E-state index contributed by atoms with van der Waals surface area (Å²) >= 11 is 0. The lowest BCUT2D eigenvalue weighted by molar-refractivity contribution is -0.188. The van der Waals surface area contributed by atoms with Gasteiger partial charge in [0.1, 0.15) is 0 Å². The molecule has 0 aromatic rings. The molecule has 2 heterocycles. The molecular weight excluding hydrogens is 297 g/mol. The fourth-order valence-corrected chi connectivity index (χ4v) is 2.55. The molecule has 4 nitrogen and oxygen atoms in total. The number of ether oxygens (including phenoxy) is 1. The van der Waals surface area contributed by atoms with Gasteiger partial charge in [-0.1, -0.05) is 0 Å². The summed E-state index contributed by atoms with van der Waals surface area (Å²) < 4.78 is 43.4. The molecule has 0 bridgehead atoms. The summed E-state index contributed by atoms with van der Waals surface area (Å²) in [5.74, 6) is -1.61. The van der Waals surface area contributed by atoms with Gasteiger partial charge in [-0.2, -0.15) is 13.2 Å². The van der Waals surface area contributed by atoms with E-state index in [9.17, 15) is 18.0 Å². The number of nitrogens with zero attached hydrogens (tertiary/aromatic N) is 1. The first-order chi connectivity index (χ1) is 8.97. The van der Waals surface area contributed by atoms with Crippen molar-refractivity contribution in [1.29, 1.82) is 0 Å². The highest BCUT2D eigenvalue weighted by molar-refractivity contribution is 5.85. The van der Waals surface area contributed by atoms with Crippen molar-refractivity contribution in [3.05, 3.63) is 0 Å². The maximum atomic E-state index is 12.7. The van der Waals surface area contributed by atoms with Crippen LogP contribution < -0.4 is 5.32 Å². The molecule has 0 saturated carbocycles. The molecule has 0 aromatic carbocycles. The Kier molecular flexibility index (Phi) is 6.54. The van der Waals surface area contributed by atoms with Crippen LogP contribution in [-0.2, 0) is 9.53 Å². The lowest BCUT2D eigenvalue weighted by Crippen LogP contribution is -2.47. The topological polar surface area (TPSA) is 41.6 Å². The zero-order chi connectivity index (χ0) is 13.9. The van der Waals surface area contributed by atoms with Gasteiger partial charge in [-0.05, 0) is 12.8 Å². The average Bonchev–Trinajstić information content (AvgIpc) is 2.39. The Morgan fingerprint density at radius 3 is 2.75 bits per heavy atom. The zero-order valence-corrected chi connectivity index (χ0v) is 11.9. The van der Waals surface area contributed by atoms with E-state index in [0.29, 0.717) is 26.1 Å². The Morgan fingerprint density at radius 1 is 1.40 bits per heavy atom. The molecular formula is C12H20ClF3N2O2. The fraction of sp³-hybridized carbons (Fsp3) is 0.917. The number of carbonyl (C=O) groups is 1. The van der Waals surface area contributed by atoms with Gasteiger partial charge in [0, 0.05) is 26.2 Å². The molecule has 1 N–H and O–H groups in total. The lowest BCUT2D eigenvalue weighted by Gasteiger charge is -2.35. The second-order valence-electron chi connectivity index (χ2n) is 5.12. The third kappa shape index (κ3) is 4.79. The van der Waals surface area contributed by atoms with E-state index in [-0.39, 0.29) is 43.8 Å². The Labute approximate surface area is 122 Å². The van der Waals surface area contributed by atoms with E-state index in [1.54, 1.807) is 0 Å². The molecule has 118 valence electrons. The number of hydrogen-bond donors (Lipinski definition) is 1. The van der Waals surface area contributed by atoms with Gasteiger partial charge in [0.15, 0.2) is 0 Å². The van der Waals surface area contributed by atoms with Crippen molar-refractivity contribution in [3.8, 4) is 0 Å². The molecule has 8 heteroatoms. The summed E-state index contributed by atoms with van der Waals surface area (Å²) in [6.45, 7) is 2.10. The van der Waals surface area contributed by atoms with Gasteiger partial charge in [-0.15, -0.1) is 12.4 Å². The van der Waals surface area contributed by atoms with Gasteiger partial charge in [0.25, 0.3) is 0 Å². The van der Waals surface area contributed by atoms with E-state index in [0.717, 1.165) is 6.54 Å². The fourth-order valence-electron chi connectivity index (χ4n) is 2.55. The van der Waals surface area contributed by atoms with Crippen molar-refractivity contribution in [2.24, 2.45) is 5.92 Å². The SMILES string of the molecule is Cl.O=C(CC1CNCCO1)N1CCCC(C(F)(F)F)C1. The van der Waals surface area contributed by atoms with Crippen LogP contribution in [0.5, 0.6) is 0 Å². The van der Waals surface area contributed by atoms with E-state index < -0.39 is 12.1 Å². The number of carbonyl (C=O) groups excluding carboxylic acids is 1. The summed E-state index contributed by atoms with van der Waals surface area (Å²) in [6, 6.07) is 0. The maximum absolute atomic E-state index is 12.7. The number of alkyl halides is 3. The van der Waals surface area contributed by atoms with Crippen molar-refractivity contribution < 1.29 is 22.7 Å². The minimum atomic E-state index is -4.21. The van der Waals surface area contributed by atoms with Crippen molar-refractivity contribution >= 4 is 18.3 Å². The minimum Gasteiger partial charge on any atom is -0.375 e. The molecule has 2 rings (SSSR count). The van der Waals surface area contributed by atoms with Crippen LogP contribution in [0, 0.1) is 5.92 Å². The summed E-state index contributed by atoms with van der Waals surface area (Å²) in [4.78, 5) is 13.3. The number of morpholine rings is 1. The smallest absolute Gasteiger partial charge is 0.375 e. The number of piperidine rings is 1. The van der Waals surface area contributed by atoms with Gasteiger partial charge >= 0.3 is 6.18 Å². The maximum Gasteiger partial charge on any atom is 0.393 e. The predicted molar refractivity (Wildman–Crippen MR) is 69.8 cm³/mol. The third-order valence-corrected chi connectivity index (χ3v) is 3.64. The Morgan fingerprint density at radius 2 is 2.15 bits per heavy atom. The summed E-state index contributed by atoms with van der Waals surface area (Å²) in [7, 11) is 0. The number of halogens is 4. The van der Waals surface area contributed by atoms with Crippen LogP contribution in [0.15, 0.2) is 0 Å². The van der Waals surface area contributed by atoms with E-state index in [1.807, 2.05) is 0 Å². The Balaban J connectivity index is 0.00000200. The van der Waals surface area contributed by atoms with Crippen LogP contribution in [-0.4, -0.2) is 55.9 Å². The molecule has 0 aromatic heterocycles. The van der Waals surface area contributed by atoms with Crippen molar-refractivity contribution in [3.63, 3.8) is 0 Å². The van der Waals surface area contributed by atoms with Gasteiger partial charge in [0.2, 0.25) is 5.91 Å². The quantitative estimate of drug-likeness (QED) is 0.841. The molecule has 20 heavy (non-hydrogen) atoms. The van der Waals surface area contributed by atoms with Crippen LogP contribution in [0.4, 0.5) is 13.2 Å². The number of rotatable bonds is 2. The van der Waals surface area contributed by atoms with E-state index in [1.165, 1.54) is 4.90 Å². The van der Waals surface area contributed by atoms with Crippen molar-refractivity contribution in [2.75, 3.05) is 32.8 Å². The molecule has 0 aliphatic carbocycles. The van der Waals surface area contributed by atoms with Crippen molar-refractivity contribution in [2.45, 2.75) is 31.5 Å². The highest BCUT2D eigenvalue weighted by Gasteiger charge is 2.42. The van der Waals surface area contributed by atoms with Crippen LogP contribution in [0.3, 0.4) is 0 Å². The minimum absolute atomic E-state index is 0. The monoisotopic (exact) mass is 316 g/mol. The van der Waals surface area contributed by atoms with Crippen LogP contribution in [0.2, 0.25) is 0 Å². The first-order valence-corrected chi connectivity index (χ1v) is 6.63. The van der Waals surface area contributed by atoms with Gasteiger partial charge < -0.3 is 15.0 Å².